The third-order valence-electron chi connectivity index (χ3n) is 3.54. The van der Waals surface area contributed by atoms with E-state index in [1.54, 1.807) is 7.11 Å². The van der Waals surface area contributed by atoms with Gasteiger partial charge in [-0.15, -0.1) is 0 Å². The highest BCUT2D eigenvalue weighted by atomic mass is 16.5. The summed E-state index contributed by atoms with van der Waals surface area (Å²) in [6.45, 7) is 3.02. The maximum absolute atomic E-state index is 5.18. The Morgan fingerprint density at radius 2 is 1.90 bits per heavy atom. The Hall–Kier alpha value is -1.81. The van der Waals surface area contributed by atoms with Crippen LogP contribution in [0.5, 0.6) is 5.75 Å². The van der Waals surface area contributed by atoms with E-state index in [0.717, 1.165) is 25.1 Å². The molecule has 0 fully saturated rings. The van der Waals surface area contributed by atoms with Crippen molar-refractivity contribution < 1.29 is 4.74 Å². The first-order chi connectivity index (χ1) is 9.75. The summed E-state index contributed by atoms with van der Waals surface area (Å²) in [6, 6.07) is 8.68. The number of methoxy groups -OCH3 is 1. The summed E-state index contributed by atoms with van der Waals surface area (Å²) in [7, 11) is 3.70. The number of likely N-dealkylation sites (N-methyl/N-ethyl adjacent to an activating group) is 1. The summed E-state index contributed by atoms with van der Waals surface area (Å²) in [5, 5.41) is 7.71. The van der Waals surface area contributed by atoms with Gasteiger partial charge in [-0.25, -0.2) is 0 Å². The predicted molar refractivity (Wildman–Crippen MR) is 81.2 cm³/mol. The molecule has 0 saturated heterocycles. The Morgan fingerprint density at radius 1 is 1.20 bits per heavy atom. The second-order valence-electron chi connectivity index (χ2n) is 4.95. The van der Waals surface area contributed by atoms with Gasteiger partial charge < -0.3 is 10.1 Å². The standard InChI is InChI=1S/C16H23N3O/c1-4-19-12-14(11-18-19)10-15(17-2)9-13-5-7-16(20-3)8-6-13/h5-8,11-12,15,17H,4,9-10H2,1-3H3. The lowest BCUT2D eigenvalue weighted by Crippen LogP contribution is -2.29. The second kappa shape index (κ2) is 7.10. The summed E-state index contributed by atoms with van der Waals surface area (Å²) >= 11 is 0. The molecule has 1 atom stereocenters. The van der Waals surface area contributed by atoms with E-state index < -0.39 is 0 Å². The molecule has 0 bridgehead atoms. The van der Waals surface area contributed by atoms with E-state index in [9.17, 15) is 0 Å². The molecule has 1 unspecified atom stereocenters. The summed E-state index contributed by atoms with van der Waals surface area (Å²) in [5.41, 5.74) is 2.59. The van der Waals surface area contributed by atoms with Gasteiger partial charge in [0.2, 0.25) is 0 Å². The van der Waals surface area contributed by atoms with E-state index in [1.165, 1.54) is 11.1 Å². The summed E-state index contributed by atoms with van der Waals surface area (Å²) in [4.78, 5) is 0. The Labute approximate surface area is 120 Å². The van der Waals surface area contributed by atoms with Crippen LogP contribution in [0.4, 0.5) is 0 Å². The number of hydrogen-bond acceptors (Lipinski definition) is 3. The monoisotopic (exact) mass is 273 g/mol. The van der Waals surface area contributed by atoms with Crippen LogP contribution in [0, 0.1) is 0 Å². The molecule has 0 saturated carbocycles. The molecule has 1 aromatic carbocycles. The number of rotatable bonds is 7. The fourth-order valence-corrected chi connectivity index (χ4v) is 2.29. The van der Waals surface area contributed by atoms with E-state index in [4.69, 9.17) is 4.74 Å². The smallest absolute Gasteiger partial charge is 0.118 e. The quantitative estimate of drug-likeness (QED) is 0.841. The van der Waals surface area contributed by atoms with Crippen molar-refractivity contribution in [2.45, 2.75) is 32.4 Å². The van der Waals surface area contributed by atoms with Gasteiger partial charge in [-0.3, -0.25) is 4.68 Å². The minimum atomic E-state index is 0.415. The molecule has 0 aliphatic carbocycles. The van der Waals surface area contributed by atoms with Crippen molar-refractivity contribution in [2.24, 2.45) is 0 Å². The zero-order chi connectivity index (χ0) is 14.4. The number of aromatic nitrogens is 2. The maximum Gasteiger partial charge on any atom is 0.118 e. The van der Waals surface area contributed by atoms with Crippen molar-refractivity contribution in [2.75, 3.05) is 14.2 Å². The number of benzene rings is 1. The second-order valence-corrected chi connectivity index (χ2v) is 4.95. The largest absolute Gasteiger partial charge is 0.497 e. The molecule has 4 nitrogen and oxygen atoms in total. The number of hydrogen-bond donors (Lipinski definition) is 1. The van der Waals surface area contributed by atoms with Gasteiger partial charge >= 0.3 is 0 Å². The van der Waals surface area contributed by atoms with Crippen molar-refractivity contribution in [1.82, 2.24) is 15.1 Å². The molecule has 2 aromatic rings. The van der Waals surface area contributed by atoms with E-state index in [2.05, 4.69) is 35.7 Å². The zero-order valence-electron chi connectivity index (χ0n) is 12.5. The lowest BCUT2D eigenvalue weighted by Gasteiger charge is -2.15. The van der Waals surface area contributed by atoms with Crippen LogP contribution in [0.1, 0.15) is 18.1 Å². The fraction of sp³-hybridized carbons (Fsp3) is 0.438. The molecule has 1 heterocycles. The summed E-state index contributed by atoms with van der Waals surface area (Å²) in [6.07, 6.45) is 6.07. The highest BCUT2D eigenvalue weighted by Crippen LogP contribution is 2.14. The topological polar surface area (TPSA) is 39.1 Å². The van der Waals surface area contributed by atoms with Gasteiger partial charge in [-0.1, -0.05) is 12.1 Å². The highest BCUT2D eigenvalue weighted by molar-refractivity contribution is 5.27. The highest BCUT2D eigenvalue weighted by Gasteiger charge is 2.10. The molecule has 108 valence electrons. The van der Waals surface area contributed by atoms with Gasteiger partial charge in [-0.2, -0.15) is 5.10 Å². The number of aryl methyl sites for hydroxylation is 1. The molecule has 0 radical (unpaired) electrons. The van der Waals surface area contributed by atoms with Crippen LogP contribution >= 0.6 is 0 Å². The molecule has 0 aliphatic heterocycles. The van der Waals surface area contributed by atoms with E-state index in [0.29, 0.717) is 6.04 Å². The number of nitrogens with zero attached hydrogens (tertiary/aromatic N) is 2. The minimum Gasteiger partial charge on any atom is -0.497 e. The number of nitrogens with one attached hydrogen (secondary N) is 1. The van der Waals surface area contributed by atoms with Gasteiger partial charge in [0.15, 0.2) is 0 Å². The van der Waals surface area contributed by atoms with Crippen LogP contribution in [-0.4, -0.2) is 30.0 Å². The van der Waals surface area contributed by atoms with Gasteiger partial charge in [0.1, 0.15) is 5.75 Å². The maximum atomic E-state index is 5.18. The van der Waals surface area contributed by atoms with Crippen molar-refractivity contribution in [1.29, 1.82) is 0 Å². The Bertz CT molecular complexity index is 519. The predicted octanol–water partition coefficient (Wildman–Crippen LogP) is 2.28. The van der Waals surface area contributed by atoms with E-state index in [1.807, 2.05) is 30.1 Å². The van der Waals surface area contributed by atoms with E-state index in [-0.39, 0.29) is 0 Å². The molecular weight excluding hydrogens is 250 g/mol. The van der Waals surface area contributed by atoms with Crippen LogP contribution in [0.15, 0.2) is 36.7 Å². The molecular formula is C16H23N3O. The average Bonchev–Trinajstić information content (AvgIpc) is 2.95. The molecule has 1 aromatic heterocycles. The van der Waals surface area contributed by atoms with Crippen LogP contribution in [0.2, 0.25) is 0 Å². The summed E-state index contributed by atoms with van der Waals surface area (Å²) < 4.78 is 7.15. The van der Waals surface area contributed by atoms with Gasteiger partial charge in [0, 0.05) is 18.8 Å². The Kier molecular flexibility index (Phi) is 5.18. The first-order valence-corrected chi connectivity index (χ1v) is 7.06. The first kappa shape index (κ1) is 14.6. The number of ether oxygens (including phenoxy) is 1. The first-order valence-electron chi connectivity index (χ1n) is 7.06. The third kappa shape index (κ3) is 3.84. The fourth-order valence-electron chi connectivity index (χ4n) is 2.29. The van der Waals surface area contributed by atoms with Crippen molar-refractivity contribution in [3.8, 4) is 5.75 Å². The molecule has 0 amide bonds. The van der Waals surface area contributed by atoms with Crippen LogP contribution in [0.25, 0.3) is 0 Å². The van der Waals surface area contributed by atoms with E-state index >= 15 is 0 Å². The van der Waals surface area contributed by atoms with Crippen LogP contribution < -0.4 is 10.1 Å². The molecule has 2 rings (SSSR count). The van der Waals surface area contributed by atoms with Gasteiger partial charge in [-0.05, 0) is 50.1 Å². The molecule has 1 N–H and O–H groups in total. The van der Waals surface area contributed by atoms with Crippen molar-refractivity contribution in [3.05, 3.63) is 47.8 Å². The van der Waals surface area contributed by atoms with Crippen molar-refractivity contribution >= 4 is 0 Å². The molecule has 4 heteroatoms. The molecule has 0 aliphatic rings. The normalized spacial score (nSPS) is 12.3. The Morgan fingerprint density at radius 3 is 2.45 bits per heavy atom. The van der Waals surface area contributed by atoms with Gasteiger partial charge in [0.05, 0.1) is 13.3 Å². The van der Waals surface area contributed by atoms with Crippen molar-refractivity contribution in [3.63, 3.8) is 0 Å². The molecule has 20 heavy (non-hydrogen) atoms. The zero-order valence-corrected chi connectivity index (χ0v) is 12.5. The molecule has 0 spiro atoms. The lowest BCUT2D eigenvalue weighted by molar-refractivity contribution is 0.414. The summed E-state index contributed by atoms with van der Waals surface area (Å²) in [5.74, 6) is 0.902. The SMILES string of the molecule is CCn1cc(CC(Cc2ccc(OC)cc2)NC)cn1. The lowest BCUT2D eigenvalue weighted by atomic mass is 10.0. The Balaban J connectivity index is 1.97. The average molecular weight is 273 g/mol. The minimum absolute atomic E-state index is 0.415. The van der Waals surface area contributed by atoms with Gasteiger partial charge in [0.25, 0.3) is 0 Å². The third-order valence-corrected chi connectivity index (χ3v) is 3.54. The van der Waals surface area contributed by atoms with Crippen LogP contribution in [0.3, 0.4) is 0 Å². The van der Waals surface area contributed by atoms with Crippen LogP contribution in [-0.2, 0) is 19.4 Å².